The largest absolute Gasteiger partial charge is 0.491 e. The van der Waals surface area contributed by atoms with Crippen molar-refractivity contribution in [3.63, 3.8) is 0 Å². The van der Waals surface area contributed by atoms with Gasteiger partial charge in [-0.2, -0.15) is 18.3 Å². The molecule has 1 aromatic carbocycles. The van der Waals surface area contributed by atoms with E-state index in [1.165, 1.54) is 0 Å². The first-order valence-corrected chi connectivity index (χ1v) is 10.3. The number of rotatable bonds is 5. The second-order valence-corrected chi connectivity index (χ2v) is 7.80. The summed E-state index contributed by atoms with van der Waals surface area (Å²) in [6.07, 6.45) is -0.924. The summed E-state index contributed by atoms with van der Waals surface area (Å²) in [5, 5.41) is 3.69. The highest BCUT2D eigenvalue weighted by Gasteiger charge is 2.45. The van der Waals surface area contributed by atoms with Gasteiger partial charge in [-0.25, -0.2) is 14.6 Å². The summed E-state index contributed by atoms with van der Waals surface area (Å²) in [5.41, 5.74) is 2.03. The molecule has 168 valence electrons. The molecular formula is C21H20F3N5O3. The Hall–Kier alpha value is -3.37. The molecule has 1 fully saturated rings. The number of hydrogen-bond donors (Lipinski definition) is 0. The molecule has 2 aliphatic rings. The molecule has 32 heavy (non-hydrogen) atoms. The quantitative estimate of drug-likeness (QED) is 0.558. The number of carbonyl (C=O) groups excluding carboxylic acids is 1. The van der Waals surface area contributed by atoms with Gasteiger partial charge < -0.3 is 14.0 Å². The molecule has 2 atom stereocenters. The van der Waals surface area contributed by atoms with E-state index >= 15 is 0 Å². The highest BCUT2D eigenvalue weighted by atomic mass is 19.4. The molecule has 2 unspecified atom stereocenters. The van der Waals surface area contributed by atoms with Crippen LogP contribution < -0.4 is 4.74 Å². The Balaban J connectivity index is 1.45. The zero-order valence-corrected chi connectivity index (χ0v) is 17.2. The maximum absolute atomic E-state index is 12.9. The van der Waals surface area contributed by atoms with Crippen molar-refractivity contribution >= 4 is 5.97 Å². The number of imidazole rings is 1. The molecule has 5 rings (SSSR count). The first-order valence-electron chi connectivity index (χ1n) is 10.3. The van der Waals surface area contributed by atoms with Gasteiger partial charge >= 0.3 is 12.1 Å². The monoisotopic (exact) mass is 447 g/mol. The minimum absolute atomic E-state index is 0.0530. The van der Waals surface area contributed by atoms with Crippen molar-refractivity contribution in [2.24, 2.45) is 5.92 Å². The van der Waals surface area contributed by atoms with Gasteiger partial charge in [-0.1, -0.05) is 6.07 Å². The number of hydrogen-bond acceptors (Lipinski definition) is 6. The lowest BCUT2D eigenvalue weighted by atomic mass is 10.0. The van der Waals surface area contributed by atoms with Crippen molar-refractivity contribution < 1.29 is 27.4 Å². The van der Waals surface area contributed by atoms with Crippen LogP contribution in [0.3, 0.4) is 0 Å². The average molecular weight is 447 g/mol. The number of alkyl halides is 3. The normalized spacial score (nSPS) is 19.5. The molecule has 0 N–H and O–H groups in total. The van der Waals surface area contributed by atoms with Gasteiger partial charge in [-0.15, -0.1) is 0 Å². The Kier molecular flexibility index (Phi) is 4.90. The zero-order chi connectivity index (χ0) is 22.5. The van der Waals surface area contributed by atoms with Crippen molar-refractivity contribution in [1.82, 2.24) is 24.3 Å². The van der Waals surface area contributed by atoms with Crippen LogP contribution in [0.4, 0.5) is 13.2 Å². The Morgan fingerprint density at radius 3 is 2.94 bits per heavy atom. The summed E-state index contributed by atoms with van der Waals surface area (Å²) in [4.78, 5) is 20.5. The fourth-order valence-electron chi connectivity index (χ4n) is 4.06. The molecule has 0 amide bonds. The van der Waals surface area contributed by atoms with Crippen LogP contribution in [0.1, 0.15) is 24.8 Å². The number of ether oxygens (including phenoxy) is 2. The third-order valence-corrected chi connectivity index (χ3v) is 5.59. The van der Waals surface area contributed by atoms with Crippen LogP contribution in [0.5, 0.6) is 5.75 Å². The van der Waals surface area contributed by atoms with Gasteiger partial charge in [0.05, 0.1) is 24.6 Å². The first-order chi connectivity index (χ1) is 15.3. The molecule has 8 nitrogen and oxygen atoms in total. The molecule has 1 saturated carbocycles. The maximum atomic E-state index is 12.9. The fraction of sp³-hybridized carbons (Fsp3) is 0.429. The van der Waals surface area contributed by atoms with E-state index in [0.29, 0.717) is 37.0 Å². The van der Waals surface area contributed by atoms with Crippen LogP contribution in [0, 0.1) is 5.92 Å². The van der Waals surface area contributed by atoms with E-state index in [1.54, 1.807) is 13.1 Å². The summed E-state index contributed by atoms with van der Waals surface area (Å²) in [5.74, 6) is 1.05. The van der Waals surface area contributed by atoms with Crippen molar-refractivity contribution in [3.05, 3.63) is 36.3 Å². The standard InChI is InChI=1S/C21H20F3N5O3/c1-2-31-20(30)15-8-14(15)12-3-4-13-17(7-12)32-6-5-28-9-16(27-18(13)28)19-25-11-26-29(19)10-21(22,23)24/h3-4,7,9,11,14-15H,2,5-6,8,10H2,1H3. The molecule has 1 aliphatic heterocycles. The molecule has 3 aromatic rings. The third kappa shape index (κ3) is 3.82. The van der Waals surface area contributed by atoms with Gasteiger partial charge in [-0.3, -0.25) is 4.79 Å². The second-order valence-electron chi connectivity index (χ2n) is 7.80. The van der Waals surface area contributed by atoms with Crippen LogP contribution in [-0.4, -0.2) is 49.7 Å². The molecule has 0 bridgehead atoms. The minimum atomic E-state index is -4.42. The molecule has 0 saturated heterocycles. The average Bonchev–Trinajstić information content (AvgIpc) is 3.30. The highest BCUT2D eigenvalue weighted by molar-refractivity contribution is 5.78. The number of benzene rings is 1. The van der Waals surface area contributed by atoms with Gasteiger partial charge in [0.1, 0.15) is 36.7 Å². The van der Waals surface area contributed by atoms with Gasteiger partial charge in [-0.05, 0) is 37.0 Å². The smallest absolute Gasteiger partial charge is 0.408 e. The predicted molar refractivity (Wildman–Crippen MR) is 106 cm³/mol. The van der Waals surface area contributed by atoms with Crippen molar-refractivity contribution in [2.45, 2.75) is 38.5 Å². The SMILES string of the molecule is CCOC(=O)C1CC1c1ccc2c(c1)OCCn1cc(-c3ncnn3CC(F)(F)F)nc1-2. The van der Waals surface area contributed by atoms with E-state index in [0.717, 1.165) is 28.6 Å². The number of esters is 1. The van der Waals surface area contributed by atoms with E-state index < -0.39 is 12.7 Å². The van der Waals surface area contributed by atoms with E-state index in [-0.39, 0.29) is 23.6 Å². The van der Waals surface area contributed by atoms with Crippen LogP contribution in [0.15, 0.2) is 30.7 Å². The van der Waals surface area contributed by atoms with Crippen LogP contribution in [0.25, 0.3) is 22.9 Å². The van der Waals surface area contributed by atoms with Crippen LogP contribution >= 0.6 is 0 Å². The zero-order valence-electron chi connectivity index (χ0n) is 17.2. The molecule has 0 spiro atoms. The number of halogens is 3. The van der Waals surface area contributed by atoms with Crippen LogP contribution in [-0.2, 0) is 22.6 Å². The van der Waals surface area contributed by atoms with E-state index in [1.807, 2.05) is 22.8 Å². The van der Waals surface area contributed by atoms with Crippen LogP contribution in [0.2, 0.25) is 0 Å². The minimum Gasteiger partial charge on any atom is -0.491 e. The number of fused-ring (bicyclic) bond motifs is 3. The van der Waals surface area contributed by atoms with Crippen molar-refractivity contribution in [2.75, 3.05) is 13.2 Å². The fourth-order valence-corrected chi connectivity index (χ4v) is 4.06. The number of carbonyl (C=O) groups is 1. The number of nitrogens with zero attached hydrogens (tertiary/aromatic N) is 5. The lowest BCUT2D eigenvalue weighted by Gasteiger charge is -2.09. The molecule has 2 aromatic heterocycles. The van der Waals surface area contributed by atoms with Gasteiger partial charge in [0, 0.05) is 6.20 Å². The summed E-state index contributed by atoms with van der Waals surface area (Å²) < 4.78 is 52.2. The topological polar surface area (TPSA) is 84.1 Å². The lowest BCUT2D eigenvalue weighted by Crippen LogP contribution is -2.19. The first kappa shape index (κ1) is 20.5. The van der Waals surface area contributed by atoms with E-state index in [9.17, 15) is 18.0 Å². The van der Waals surface area contributed by atoms with Gasteiger partial charge in [0.25, 0.3) is 0 Å². The van der Waals surface area contributed by atoms with Gasteiger partial charge in [0.15, 0.2) is 5.82 Å². The molecule has 0 radical (unpaired) electrons. The van der Waals surface area contributed by atoms with Crippen molar-refractivity contribution in [3.8, 4) is 28.7 Å². The molecular weight excluding hydrogens is 427 g/mol. The van der Waals surface area contributed by atoms with E-state index in [4.69, 9.17) is 9.47 Å². The third-order valence-electron chi connectivity index (χ3n) is 5.59. The summed E-state index contributed by atoms with van der Waals surface area (Å²) >= 11 is 0. The molecule has 1 aliphatic carbocycles. The molecule has 3 heterocycles. The summed E-state index contributed by atoms with van der Waals surface area (Å²) in [7, 11) is 0. The molecule has 11 heteroatoms. The Morgan fingerprint density at radius 1 is 1.31 bits per heavy atom. The van der Waals surface area contributed by atoms with E-state index in [2.05, 4.69) is 15.1 Å². The lowest BCUT2D eigenvalue weighted by molar-refractivity contribution is -0.145. The van der Waals surface area contributed by atoms with Crippen molar-refractivity contribution in [1.29, 1.82) is 0 Å². The Labute approximate surface area is 181 Å². The summed E-state index contributed by atoms with van der Waals surface area (Å²) in [6.45, 7) is 1.76. The predicted octanol–water partition coefficient (Wildman–Crippen LogP) is 3.43. The second kappa shape index (κ2) is 7.64. The highest BCUT2D eigenvalue weighted by Crippen LogP contribution is 2.50. The Bertz CT molecular complexity index is 1170. The number of aromatic nitrogens is 5. The summed E-state index contributed by atoms with van der Waals surface area (Å²) in [6, 6.07) is 5.72. The Morgan fingerprint density at radius 2 is 2.16 bits per heavy atom. The van der Waals surface area contributed by atoms with Gasteiger partial charge in [0.2, 0.25) is 0 Å². The maximum Gasteiger partial charge on any atom is 0.408 e.